The lowest BCUT2D eigenvalue weighted by Gasteiger charge is -2.36. The van der Waals surface area contributed by atoms with Crippen LogP contribution >= 0.6 is 24.8 Å². The average molecular weight is 312 g/mol. The summed E-state index contributed by atoms with van der Waals surface area (Å²) in [4.78, 5) is 16.9. The highest BCUT2D eigenvalue weighted by molar-refractivity contribution is 5.85. The predicted molar refractivity (Wildman–Crippen MR) is 83.1 cm³/mol. The number of likely N-dealkylation sites (N-methyl/N-ethyl adjacent to an activating group) is 1. The molecule has 114 valence electrons. The molecule has 0 spiro atoms. The number of carbonyl (C=O) groups is 1. The van der Waals surface area contributed by atoms with Crippen LogP contribution in [0.2, 0.25) is 0 Å². The van der Waals surface area contributed by atoms with E-state index in [4.69, 9.17) is 5.73 Å². The number of amides is 1. The van der Waals surface area contributed by atoms with Crippen LogP contribution < -0.4 is 5.73 Å². The summed E-state index contributed by atoms with van der Waals surface area (Å²) in [5.74, 6) is 1.02. The van der Waals surface area contributed by atoms with Crippen molar-refractivity contribution in [2.75, 3.05) is 39.3 Å². The van der Waals surface area contributed by atoms with Crippen LogP contribution in [0.5, 0.6) is 0 Å². The van der Waals surface area contributed by atoms with Crippen LogP contribution in [0.4, 0.5) is 0 Å². The molecule has 0 aromatic rings. The van der Waals surface area contributed by atoms with Gasteiger partial charge in [0.1, 0.15) is 0 Å². The molecule has 0 aromatic carbocycles. The largest absolute Gasteiger partial charge is 0.340 e. The normalized spacial score (nSPS) is 27.6. The maximum atomic E-state index is 12.4. The third-order valence-corrected chi connectivity index (χ3v) is 4.41. The van der Waals surface area contributed by atoms with Crippen molar-refractivity contribution in [3.05, 3.63) is 0 Å². The smallest absolute Gasteiger partial charge is 0.226 e. The molecule has 0 bridgehead atoms. The lowest BCUT2D eigenvalue weighted by molar-refractivity contribution is -0.138. The fourth-order valence-electron chi connectivity index (χ4n) is 3.16. The third-order valence-electron chi connectivity index (χ3n) is 4.41. The van der Waals surface area contributed by atoms with E-state index in [0.717, 1.165) is 45.6 Å². The summed E-state index contributed by atoms with van der Waals surface area (Å²) in [6, 6.07) is 0. The number of carbonyl (C=O) groups excluding carboxylic acids is 1. The van der Waals surface area contributed by atoms with Crippen LogP contribution in [0.15, 0.2) is 0 Å². The van der Waals surface area contributed by atoms with Crippen molar-refractivity contribution >= 4 is 30.7 Å². The lowest BCUT2D eigenvalue weighted by atomic mass is 9.94. The van der Waals surface area contributed by atoms with Crippen molar-refractivity contribution in [2.24, 2.45) is 17.6 Å². The Balaban J connectivity index is 0.00000162. The zero-order valence-corrected chi connectivity index (χ0v) is 13.3. The first kappa shape index (κ1) is 19.0. The average Bonchev–Trinajstić information content (AvgIpc) is 2.86. The van der Waals surface area contributed by atoms with Crippen LogP contribution in [0.1, 0.15) is 26.2 Å². The van der Waals surface area contributed by atoms with E-state index in [9.17, 15) is 4.79 Å². The van der Waals surface area contributed by atoms with Crippen molar-refractivity contribution in [1.82, 2.24) is 9.80 Å². The summed E-state index contributed by atoms with van der Waals surface area (Å²) in [6.07, 6.45) is 3.36. The molecule has 0 unspecified atom stereocenters. The van der Waals surface area contributed by atoms with E-state index >= 15 is 0 Å². The minimum absolute atomic E-state index is 0. The Hall–Kier alpha value is -0.0300. The molecule has 2 atom stereocenters. The molecule has 2 rings (SSSR count). The Bertz CT molecular complexity index is 271. The van der Waals surface area contributed by atoms with Crippen molar-refractivity contribution < 1.29 is 4.79 Å². The Labute approximate surface area is 128 Å². The zero-order valence-electron chi connectivity index (χ0n) is 11.7. The molecule has 6 heteroatoms. The molecule has 0 aromatic heterocycles. The number of nitrogens with two attached hydrogens (primary N) is 1. The molecule has 19 heavy (non-hydrogen) atoms. The number of halogens is 2. The lowest BCUT2D eigenvalue weighted by Crippen LogP contribution is -2.50. The maximum absolute atomic E-state index is 12.4. The second kappa shape index (κ2) is 9.01. The van der Waals surface area contributed by atoms with Crippen LogP contribution in [0.25, 0.3) is 0 Å². The molecule has 1 aliphatic heterocycles. The van der Waals surface area contributed by atoms with Gasteiger partial charge in [-0.1, -0.05) is 13.3 Å². The second-order valence-corrected chi connectivity index (χ2v) is 5.29. The van der Waals surface area contributed by atoms with Gasteiger partial charge in [-0.05, 0) is 31.8 Å². The summed E-state index contributed by atoms with van der Waals surface area (Å²) in [7, 11) is 0. The number of rotatable bonds is 3. The first-order valence-corrected chi connectivity index (χ1v) is 6.97. The van der Waals surface area contributed by atoms with Gasteiger partial charge in [-0.2, -0.15) is 0 Å². The molecule has 2 N–H and O–H groups in total. The zero-order chi connectivity index (χ0) is 12.3. The Morgan fingerprint density at radius 2 is 1.79 bits per heavy atom. The molecular formula is C13H27Cl2N3O. The van der Waals surface area contributed by atoms with Crippen LogP contribution in [0, 0.1) is 11.8 Å². The van der Waals surface area contributed by atoms with E-state index in [-0.39, 0.29) is 30.7 Å². The monoisotopic (exact) mass is 311 g/mol. The highest BCUT2D eigenvalue weighted by Gasteiger charge is 2.35. The fourth-order valence-corrected chi connectivity index (χ4v) is 3.16. The standard InChI is InChI=1S/C13H25N3O.2ClH/c1-2-15-6-8-16(9-7-15)13(17)12-5-3-4-11(12)10-14;;/h11-12H,2-10,14H2,1H3;2*1H/t11-,12-;;/m1../s1. The minimum Gasteiger partial charge on any atom is -0.340 e. The van der Waals surface area contributed by atoms with Gasteiger partial charge in [0, 0.05) is 32.1 Å². The Morgan fingerprint density at radius 3 is 2.32 bits per heavy atom. The van der Waals surface area contributed by atoms with E-state index in [0.29, 0.717) is 18.4 Å². The number of piperazine rings is 1. The first-order chi connectivity index (χ1) is 8.26. The maximum Gasteiger partial charge on any atom is 0.226 e. The molecular weight excluding hydrogens is 285 g/mol. The van der Waals surface area contributed by atoms with Crippen LogP contribution in [-0.2, 0) is 4.79 Å². The summed E-state index contributed by atoms with van der Waals surface area (Å²) >= 11 is 0. The third kappa shape index (κ3) is 4.48. The van der Waals surface area contributed by atoms with Crippen molar-refractivity contribution in [3.8, 4) is 0 Å². The SMILES string of the molecule is CCN1CCN(C(=O)[C@@H]2CCC[C@@H]2CN)CC1.Cl.Cl. The van der Waals surface area contributed by atoms with Crippen LogP contribution in [0.3, 0.4) is 0 Å². The van der Waals surface area contributed by atoms with Crippen molar-refractivity contribution in [3.63, 3.8) is 0 Å². The van der Waals surface area contributed by atoms with Crippen molar-refractivity contribution in [2.45, 2.75) is 26.2 Å². The topological polar surface area (TPSA) is 49.6 Å². The van der Waals surface area contributed by atoms with E-state index in [1.165, 1.54) is 6.42 Å². The Morgan fingerprint density at radius 1 is 1.16 bits per heavy atom. The number of hydrogen-bond acceptors (Lipinski definition) is 3. The second-order valence-electron chi connectivity index (χ2n) is 5.29. The molecule has 1 heterocycles. The first-order valence-electron chi connectivity index (χ1n) is 6.97. The van der Waals surface area contributed by atoms with Gasteiger partial charge < -0.3 is 15.5 Å². The predicted octanol–water partition coefficient (Wildman–Crippen LogP) is 1.37. The Kier molecular flexibility index (Phi) is 8.99. The van der Waals surface area contributed by atoms with Gasteiger partial charge in [0.05, 0.1) is 0 Å². The van der Waals surface area contributed by atoms with Gasteiger partial charge in [0.25, 0.3) is 0 Å². The molecule has 2 aliphatic rings. The van der Waals surface area contributed by atoms with E-state index in [1.807, 2.05) is 0 Å². The molecule has 1 saturated carbocycles. The summed E-state index contributed by atoms with van der Waals surface area (Å²) < 4.78 is 0. The molecule has 0 radical (unpaired) electrons. The molecule has 1 amide bonds. The highest BCUT2D eigenvalue weighted by atomic mass is 35.5. The van der Waals surface area contributed by atoms with E-state index < -0.39 is 0 Å². The fraction of sp³-hybridized carbons (Fsp3) is 0.923. The van der Waals surface area contributed by atoms with E-state index in [2.05, 4.69) is 16.7 Å². The van der Waals surface area contributed by atoms with Crippen LogP contribution in [-0.4, -0.2) is 55.0 Å². The van der Waals surface area contributed by atoms with Gasteiger partial charge in [-0.15, -0.1) is 24.8 Å². The van der Waals surface area contributed by atoms with E-state index in [1.54, 1.807) is 0 Å². The van der Waals surface area contributed by atoms with Crippen molar-refractivity contribution in [1.29, 1.82) is 0 Å². The number of hydrogen-bond donors (Lipinski definition) is 1. The summed E-state index contributed by atoms with van der Waals surface area (Å²) in [5.41, 5.74) is 5.76. The van der Waals surface area contributed by atoms with Gasteiger partial charge in [0.2, 0.25) is 5.91 Å². The van der Waals surface area contributed by atoms with Gasteiger partial charge >= 0.3 is 0 Å². The van der Waals surface area contributed by atoms with Gasteiger partial charge in [-0.25, -0.2) is 0 Å². The summed E-state index contributed by atoms with van der Waals surface area (Å²) in [5, 5.41) is 0. The molecule has 4 nitrogen and oxygen atoms in total. The van der Waals surface area contributed by atoms with Gasteiger partial charge in [-0.3, -0.25) is 4.79 Å². The molecule has 1 saturated heterocycles. The van der Waals surface area contributed by atoms with Gasteiger partial charge in [0.15, 0.2) is 0 Å². The number of nitrogens with zero attached hydrogens (tertiary/aromatic N) is 2. The minimum atomic E-state index is 0. The molecule has 2 fully saturated rings. The molecule has 1 aliphatic carbocycles. The highest BCUT2D eigenvalue weighted by Crippen LogP contribution is 2.32. The summed E-state index contributed by atoms with van der Waals surface area (Å²) in [6.45, 7) is 7.81. The quantitative estimate of drug-likeness (QED) is 0.856.